The zero-order chi connectivity index (χ0) is 18.6. The van der Waals surface area contributed by atoms with Gasteiger partial charge in [0, 0.05) is 45.1 Å². The molecule has 2 aromatic heterocycles. The molecule has 0 bridgehead atoms. The highest BCUT2D eigenvalue weighted by Crippen LogP contribution is 2.20. The minimum atomic E-state index is -0.123. The molecule has 8 heteroatoms. The normalized spacial score (nSPS) is 19.4. The highest BCUT2D eigenvalue weighted by atomic mass is 16.5. The number of ether oxygens (including phenoxy) is 1. The summed E-state index contributed by atoms with van der Waals surface area (Å²) in [6, 6.07) is 5.98. The monoisotopic (exact) mass is 370 g/mol. The van der Waals surface area contributed by atoms with Crippen molar-refractivity contribution in [3.63, 3.8) is 0 Å². The van der Waals surface area contributed by atoms with E-state index in [2.05, 4.69) is 38.3 Å². The number of carbonyl (C=O) groups excluding carboxylic acids is 1. The van der Waals surface area contributed by atoms with Crippen LogP contribution in [0.15, 0.2) is 30.6 Å². The summed E-state index contributed by atoms with van der Waals surface area (Å²) in [4.78, 5) is 21.5. The molecule has 1 N–H and O–H groups in total. The number of amides is 1. The minimum absolute atomic E-state index is 0.0786. The van der Waals surface area contributed by atoms with Crippen molar-refractivity contribution >= 4 is 5.91 Å². The molecule has 0 spiro atoms. The summed E-state index contributed by atoms with van der Waals surface area (Å²) in [6.45, 7) is 6.25. The Labute approximate surface area is 159 Å². The number of hydrogen-bond donors (Lipinski definition) is 1. The summed E-state index contributed by atoms with van der Waals surface area (Å²) in [5.74, 6) is -0.123. The third-order valence-electron chi connectivity index (χ3n) is 5.23. The number of likely N-dealkylation sites (N-methyl/N-ethyl adjacent to an activating group) is 1. The fourth-order valence-electron chi connectivity index (χ4n) is 3.71. The van der Waals surface area contributed by atoms with Crippen molar-refractivity contribution in [2.75, 3.05) is 46.4 Å². The second-order valence-corrected chi connectivity index (χ2v) is 7.14. The zero-order valence-electron chi connectivity index (χ0n) is 15.7. The van der Waals surface area contributed by atoms with Gasteiger partial charge in [-0.15, -0.1) is 0 Å². The van der Waals surface area contributed by atoms with E-state index < -0.39 is 0 Å². The van der Waals surface area contributed by atoms with Crippen LogP contribution in [0.25, 0.3) is 0 Å². The Kier molecular flexibility index (Phi) is 5.47. The van der Waals surface area contributed by atoms with Crippen molar-refractivity contribution < 1.29 is 9.53 Å². The average molecular weight is 370 g/mol. The van der Waals surface area contributed by atoms with Gasteiger partial charge in [0.1, 0.15) is 5.69 Å². The van der Waals surface area contributed by atoms with Crippen LogP contribution in [0.1, 0.15) is 27.8 Å². The van der Waals surface area contributed by atoms with Crippen LogP contribution in [0.4, 0.5) is 0 Å². The van der Waals surface area contributed by atoms with Gasteiger partial charge in [0.25, 0.3) is 5.91 Å². The largest absolute Gasteiger partial charge is 0.379 e. The highest BCUT2D eigenvalue weighted by Gasteiger charge is 2.25. The summed E-state index contributed by atoms with van der Waals surface area (Å²) in [5.41, 5.74) is 2.68. The van der Waals surface area contributed by atoms with Gasteiger partial charge in [-0.05, 0) is 24.7 Å². The number of aromatic nitrogens is 3. The Morgan fingerprint density at radius 3 is 2.93 bits per heavy atom. The van der Waals surface area contributed by atoms with Crippen LogP contribution in [-0.2, 0) is 17.8 Å². The first kappa shape index (κ1) is 18.1. The minimum Gasteiger partial charge on any atom is -0.379 e. The van der Waals surface area contributed by atoms with Crippen molar-refractivity contribution in [3.05, 3.63) is 47.5 Å². The molecule has 1 amide bonds. The first-order valence-electron chi connectivity index (χ1n) is 9.46. The molecule has 0 saturated carbocycles. The van der Waals surface area contributed by atoms with E-state index in [9.17, 15) is 4.79 Å². The molecule has 1 atom stereocenters. The Balaban J connectivity index is 1.45. The van der Waals surface area contributed by atoms with Gasteiger partial charge in [0.15, 0.2) is 0 Å². The number of nitrogens with zero attached hydrogens (tertiary/aromatic N) is 5. The van der Waals surface area contributed by atoms with Crippen molar-refractivity contribution in [1.29, 1.82) is 0 Å². The second kappa shape index (κ2) is 8.16. The standard InChI is InChI=1S/C19H26N6O2/c1-23-5-6-25-16(14-23)11-17(22-25)19(26)21-13-18(15-3-2-4-20-12-15)24-7-9-27-10-8-24/h2-4,11-12,18H,5-10,13-14H2,1H3,(H,21,26). The van der Waals surface area contributed by atoms with Crippen LogP contribution >= 0.6 is 0 Å². The van der Waals surface area contributed by atoms with Crippen molar-refractivity contribution in [3.8, 4) is 0 Å². The van der Waals surface area contributed by atoms with Gasteiger partial charge in [0.2, 0.25) is 0 Å². The van der Waals surface area contributed by atoms with Gasteiger partial charge < -0.3 is 10.1 Å². The van der Waals surface area contributed by atoms with Crippen LogP contribution in [0.2, 0.25) is 0 Å². The predicted molar refractivity (Wildman–Crippen MR) is 100 cm³/mol. The summed E-state index contributed by atoms with van der Waals surface area (Å²) in [6.07, 6.45) is 3.64. The molecule has 8 nitrogen and oxygen atoms in total. The molecule has 4 rings (SSSR count). The molecule has 2 aliphatic heterocycles. The molecule has 144 valence electrons. The van der Waals surface area contributed by atoms with E-state index in [1.165, 1.54) is 0 Å². The van der Waals surface area contributed by atoms with E-state index >= 15 is 0 Å². The number of rotatable bonds is 5. The van der Waals surface area contributed by atoms with Crippen LogP contribution in [0.3, 0.4) is 0 Å². The quantitative estimate of drug-likeness (QED) is 0.827. The van der Waals surface area contributed by atoms with Crippen LogP contribution in [-0.4, -0.2) is 76.9 Å². The van der Waals surface area contributed by atoms with Gasteiger partial charge >= 0.3 is 0 Å². The number of carbonyl (C=O) groups is 1. The molecule has 1 unspecified atom stereocenters. The number of morpholine rings is 1. The number of hydrogen-bond acceptors (Lipinski definition) is 6. The molecule has 27 heavy (non-hydrogen) atoms. The molecular formula is C19H26N6O2. The molecule has 0 radical (unpaired) electrons. The lowest BCUT2D eigenvalue weighted by molar-refractivity contribution is 0.0161. The van der Waals surface area contributed by atoms with Crippen molar-refractivity contribution in [2.24, 2.45) is 0 Å². The van der Waals surface area contributed by atoms with E-state index in [1.807, 2.05) is 23.0 Å². The summed E-state index contributed by atoms with van der Waals surface area (Å²) in [7, 11) is 2.08. The maximum Gasteiger partial charge on any atom is 0.271 e. The number of fused-ring (bicyclic) bond motifs is 1. The first-order chi connectivity index (χ1) is 13.2. The fraction of sp³-hybridized carbons (Fsp3) is 0.526. The van der Waals surface area contributed by atoms with Crippen molar-refractivity contribution in [1.82, 2.24) is 29.9 Å². The van der Waals surface area contributed by atoms with Crippen LogP contribution in [0, 0.1) is 0 Å². The molecule has 1 saturated heterocycles. The summed E-state index contributed by atoms with van der Waals surface area (Å²) in [5, 5.41) is 7.56. The molecular weight excluding hydrogens is 344 g/mol. The lowest BCUT2D eigenvalue weighted by atomic mass is 10.1. The lowest BCUT2D eigenvalue weighted by Crippen LogP contribution is -2.43. The smallest absolute Gasteiger partial charge is 0.271 e. The van der Waals surface area contributed by atoms with E-state index in [1.54, 1.807) is 6.20 Å². The lowest BCUT2D eigenvalue weighted by Gasteiger charge is -2.34. The predicted octanol–water partition coefficient (Wildman–Crippen LogP) is 0.527. The molecule has 2 aromatic rings. The van der Waals surface area contributed by atoms with Gasteiger partial charge in [-0.25, -0.2) is 0 Å². The Morgan fingerprint density at radius 1 is 1.30 bits per heavy atom. The van der Waals surface area contributed by atoms with Gasteiger partial charge in [0.05, 0.1) is 31.5 Å². The van der Waals surface area contributed by atoms with Gasteiger partial charge in [-0.3, -0.25) is 24.3 Å². The highest BCUT2D eigenvalue weighted by molar-refractivity contribution is 5.92. The number of nitrogens with one attached hydrogen (secondary N) is 1. The molecule has 0 aromatic carbocycles. The maximum absolute atomic E-state index is 12.7. The number of pyridine rings is 1. The van der Waals surface area contributed by atoms with E-state index in [4.69, 9.17) is 4.74 Å². The van der Waals surface area contributed by atoms with Crippen LogP contribution < -0.4 is 5.32 Å². The second-order valence-electron chi connectivity index (χ2n) is 7.14. The van der Waals surface area contributed by atoms with E-state index in [-0.39, 0.29) is 11.9 Å². The maximum atomic E-state index is 12.7. The summed E-state index contributed by atoms with van der Waals surface area (Å²) >= 11 is 0. The molecule has 1 fully saturated rings. The fourth-order valence-corrected chi connectivity index (χ4v) is 3.71. The topological polar surface area (TPSA) is 75.5 Å². The Morgan fingerprint density at radius 2 is 2.15 bits per heavy atom. The molecule has 0 aliphatic carbocycles. The van der Waals surface area contributed by atoms with E-state index in [0.29, 0.717) is 25.5 Å². The first-order valence-corrected chi connectivity index (χ1v) is 9.46. The summed E-state index contributed by atoms with van der Waals surface area (Å²) < 4.78 is 7.41. The van der Waals surface area contributed by atoms with Crippen LogP contribution in [0.5, 0.6) is 0 Å². The SMILES string of the molecule is CN1CCn2nc(C(=O)NCC(c3cccnc3)N3CCOCC3)cc2C1. The Hall–Kier alpha value is -2.29. The molecule has 4 heterocycles. The zero-order valence-corrected chi connectivity index (χ0v) is 15.7. The Bertz CT molecular complexity index is 772. The van der Waals surface area contributed by atoms with Crippen molar-refractivity contribution in [2.45, 2.75) is 19.1 Å². The van der Waals surface area contributed by atoms with Gasteiger partial charge in [-0.2, -0.15) is 5.10 Å². The third kappa shape index (κ3) is 4.18. The average Bonchev–Trinajstić information content (AvgIpc) is 3.13. The van der Waals surface area contributed by atoms with E-state index in [0.717, 1.165) is 44.0 Å². The third-order valence-corrected chi connectivity index (χ3v) is 5.23. The van der Waals surface area contributed by atoms with Gasteiger partial charge in [-0.1, -0.05) is 6.07 Å². The molecule has 2 aliphatic rings.